The van der Waals surface area contributed by atoms with Crippen LogP contribution in [0.2, 0.25) is 0 Å². The summed E-state index contributed by atoms with van der Waals surface area (Å²) in [6, 6.07) is 9.52. The highest BCUT2D eigenvalue weighted by atomic mass is 35.5. The number of aromatic nitrogens is 3. The minimum absolute atomic E-state index is 0. The molecule has 0 spiro atoms. The number of carbonyl (C=O) groups is 1. The van der Waals surface area contributed by atoms with Crippen molar-refractivity contribution in [2.75, 3.05) is 36.9 Å². The lowest BCUT2D eigenvalue weighted by molar-refractivity contribution is -0.120. The van der Waals surface area contributed by atoms with E-state index in [1.165, 1.54) is 11.3 Å². The number of thiazole rings is 1. The smallest absolute Gasteiger partial charge is 0.241 e. The SMILES string of the molecule is CN1CCN(c2ccc(Nc3nc(-c4ccccn4)cs3)nc2)C(=O)C1.Cl.Cl. The molecular formula is C18H20Cl2N6OS. The Kier molecular flexibility index (Phi) is 7.70. The molecule has 4 heterocycles. The van der Waals surface area contributed by atoms with Crippen molar-refractivity contribution in [2.45, 2.75) is 0 Å². The van der Waals surface area contributed by atoms with Gasteiger partial charge in [-0.1, -0.05) is 6.07 Å². The summed E-state index contributed by atoms with van der Waals surface area (Å²) >= 11 is 1.50. The number of hydrogen-bond donors (Lipinski definition) is 1. The van der Waals surface area contributed by atoms with Gasteiger partial charge in [-0.15, -0.1) is 36.2 Å². The van der Waals surface area contributed by atoms with E-state index in [-0.39, 0.29) is 30.7 Å². The molecule has 0 bridgehead atoms. The van der Waals surface area contributed by atoms with Crippen LogP contribution in [0.15, 0.2) is 48.1 Å². The monoisotopic (exact) mass is 438 g/mol. The Labute approximate surface area is 179 Å². The predicted octanol–water partition coefficient (Wildman–Crippen LogP) is 3.47. The van der Waals surface area contributed by atoms with E-state index in [9.17, 15) is 4.79 Å². The quantitative estimate of drug-likeness (QED) is 0.671. The van der Waals surface area contributed by atoms with E-state index in [0.717, 1.165) is 28.8 Å². The molecule has 1 aliphatic rings. The van der Waals surface area contributed by atoms with Crippen LogP contribution >= 0.6 is 36.2 Å². The number of hydrogen-bond acceptors (Lipinski definition) is 7. The summed E-state index contributed by atoms with van der Waals surface area (Å²) in [5, 5.41) is 5.91. The first-order valence-electron chi connectivity index (χ1n) is 8.28. The van der Waals surface area contributed by atoms with Gasteiger partial charge in [-0.3, -0.25) is 14.7 Å². The predicted molar refractivity (Wildman–Crippen MR) is 117 cm³/mol. The molecule has 7 nitrogen and oxygen atoms in total. The summed E-state index contributed by atoms with van der Waals surface area (Å²) in [5.74, 6) is 0.790. The summed E-state index contributed by atoms with van der Waals surface area (Å²) in [7, 11) is 1.95. The highest BCUT2D eigenvalue weighted by Crippen LogP contribution is 2.26. The first-order valence-corrected chi connectivity index (χ1v) is 9.16. The molecule has 4 rings (SSSR count). The number of nitrogens with zero attached hydrogens (tertiary/aromatic N) is 5. The van der Waals surface area contributed by atoms with Crippen LogP contribution in [-0.2, 0) is 4.79 Å². The zero-order chi connectivity index (χ0) is 17.9. The van der Waals surface area contributed by atoms with Crippen LogP contribution in [0.1, 0.15) is 0 Å². The van der Waals surface area contributed by atoms with Crippen molar-refractivity contribution in [3.63, 3.8) is 0 Å². The Morgan fingerprint density at radius 1 is 1.07 bits per heavy atom. The normalized spacial score (nSPS) is 14.2. The van der Waals surface area contributed by atoms with Gasteiger partial charge in [-0.2, -0.15) is 0 Å². The van der Waals surface area contributed by atoms with Gasteiger partial charge in [0.15, 0.2) is 5.13 Å². The molecular weight excluding hydrogens is 419 g/mol. The summed E-state index contributed by atoms with van der Waals surface area (Å²) < 4.78 is 0. The lowest BCUT2D eigenvalue weighted by Gasteiger charge is -2.31. The van der Waals surface area contributed by atoms with Gasteiger partial charge in [-0.05, 0) is 31.3 Å². The average molecular weight is 439 g/mol. The third-order valence-electron chi connectivity index (χ3n) is 4.14. The molecule has 1 fully saturated rings. The fourth-order valence-electron chi connectivity index (χ4n) is 2.76. The second-order valence-electron chi connectivity index (χ2n) is 6.06. The van der Waals surface area contributed by atoms with Crippen LogP contribution in [0, 0.1) is 0 Å². The largest absolute Gasteiger partial charge is 0.316 e. The lowest BCUT2D eigenvalue weighted by atomic mass is 10.2. The van der Waals surface area contributed by atoms with E-state index in [0.29, 0.717) is 18.9 Å². The van der Waals surface area contributed by atoms with Crippen molar-refractivity contribution < 1.29 is 4.79 Å². The van der Waals surface area contributed by atoms with Gasteiger partial charge in [0, 0.05) is 24.7 Å². The number of likely N-dealkylation sites (N-methyl/N-ethyl adjacent to an activating group) is 1. The maximum atomic E-state index is 12.1. The number of pyridine rings is 2. The molecule has 0 unspecified atom stereocenters. The molecule has 0 radical (unpaired) electrons. The van der Waals surface area contributed by atoms with Gasteiger partial charge in [0.25, 0.3) is 0 Å². The number of nitrogens with one attached hydrogen (secondary N) is 1. The van der Waals surface area contributed by atoms with Crippen LogP contribution < -0.4 is 10.2 Å². The first-order chi connectivity index (χ1) is 12.7. The van der Waals surface area contributed by atoms with Crippen molar-refractivity contribution in [1.82, 2.24) is 19.9 Å². The number of rotatable bonds is 4. The second-order valence-corrected chi connectivity index (χ2v) is 6.92. The van der Waals surface area contributed by atoms with Crippen LogP contribution in [0.3, 0.4) is 0 Å². The molecule has 3 aromatic heterocycles. The molecule has 0 aliphatic carbocycles. The second kappa shape index (κ2) is 9.79. The fraction of sp³-hybridized carbons (Fsp3) is 0.222. The van der Waals surface area contributed by atoms with Crippen LogP contribution in [0.5, 0.6) is 0 Å². The van der Waals surface area contributed by atoms with Crippen molar-refractivity contribution in [3.05, 3.63) is 48.1 Å². The maximum absolute atomic E-state index is 12.1. The van der Waals surface area contributed by atoms with E-state index in [4.69, 9.17) is 0 Å². The van der Waals surface area contributed by atoms with Crippen molar-refractivity contribution in [1.29, 1.82) is 0 Å². The molecule has 1 aliphatic heterocycles. The van der Waals surface area contributed by atoms with Gasteiger partial charge in [0.1, 0.15) is 11.5 Å². The molecule has 148 valence electrons. The van der Waals surface area contributed by atoms with Crippen LogP contribution in [-0.4, -0.2) is 52.4 Å². The average Bonchev–Trinajstić information content (AvgIpc) is 3.12. The topological polar surface area (TPSA) is 74.2 Å². The highest BCUT2D eigenvalue weighted by Gasteiger charge is 2.22. The van der Waals surface area contributed by atoms with Gasteiger partial charge in [0.05, 0.1) is 24.1 Å². The van der Waals surface area contributed by atoms with E-state index < -0.39 is 0 Å². The summed E-state index contributed by atoms with van der Waals surface area (Å²) in [6.45, 7) is 1.99. The van der Waals surface area contributed by atoms with Gasteiger partial charge in [-0.25, -0.2) is 9.97 Å². The Balaban J connectivity index is 0.00000140. The molecule has 1 saturated heterocycles. The third kappa shape index (κ3) is 4.96. The number of carbonyl (C=O) groups excluding carboxylic acids is 1. The molecule has 0 saturated carbocycles. The zero-order valence-electron chi connectivity index (χ0n) is 15.1. The van der Waals surface area contributed by atoms with Gasteiger partial charge in [0.2, 0.25) is 5.91 Å². The van der Waals surface area contributed by atoms with E-state index >= 15 is 0 Å². The van der Waals surface area contributed by atoms with E-state index in [1.807, 2.05) is 47.7 Å². The zero-order valence-corrected chi connectivity index (χ0v) is 17.6. The Hall–Kier alpha value is -2.26. The van der Waals surface area contributed by atoms with Crippen molar-refractivity contribution >= 4 is 58.7 Å². The number of amides is 1. The maximum Gasteiger partial charge on any atom is 0.241 e. The Bertz CT molecular complexity index is 906. The van der Waals surface area contributed by atoms with E-state index in [2.05, 4.69) is 20.3 Å². The number of piperazine rings is 1. The van der Waals surface area contributed by atoms with Crippen molar-refractivity contribution in [2.24, 2.45) is 0 Å². The van der Waals surface area contributed by atoms with Gasteiger partial charge < -0.3 is 10.2 Å². The summed E-state index contributed by atoms with van der Waals surface area (Å²) in [6.07, 6.45) is 3.47. The minimum atomic E-state index is 0. The lowest BCUT2D eigenvalue weighted by Crippen LogP contribution is -2.48. The molecule has 3 aromatic rings. The van der Waals surface area contributed by atoms with Gasteiger partial charge >= 0.3 is 0 Å². The Morgan fingerprint density at radius 2 is 1.93 bits per heavy atom. The third-order valence-corrected chi connectivity index (χ3v) is 4.90. The number of anilines is 3. The van der Waals surface area contributed by atoms with Crippen LogP contribution in [0.25, 0.3) is 11.4 Å². The Morgan fingerprint density at radius 3 is 2.61 bits per heavy atom. The molecule has 1 amide bonds. The molecule has 0 atom stereocenters. The molecule has 0 aromatic carbocycles. The minimum Gasteiger partial charge on any atom is -0.316 e. The molecule has 1 N–H and O–H groups in total. The molecule has 10 heteroatoms. The highest BCUT2D eigenvalue weighted by molar-refractivity contribution is 7.14. The fourth-order valence-corrected chi connectivity index (χ4v) is 3.47. The summed E-state index contributed by atoms with van der Waals surface area (Å²) in [5.41, 5.74) is 2.49. The van der Waals surface area contributed by atoms with Crippen LogP contribution in [0.4, 0.5) is 16.6 Å². The standard InChI is InChI=1S/C18H18N6OS.2ClH/c1-23-8-9-24(17(25)11-23)13-5-6-16(20-10-13)22-18-21-15(12-26-18)14-4-2-3-7-19-14;;/h2-7,10,12H,8-9,11H2,1H3,(H,20,21,22);2*1H. The number of halogens is 2. The molecule has 28 heavy (non-hydrogen) atoms. The summed E-state index contributed by atoms with van der Waals surface area (Å²) in [4.78, 5) is 29.2. The first kappa shape index (κ1) is 22.0. The van der Waals surface area contributed by atoms with E-state index in [1.54, 1.807) is 17.3 Å². The van der Waals surface area contributed by atoms with Crippen molar-refractivity contribution in [3.8, 4) is 11.4 Å².